The highest BCUT2D eigenvalue weighted by Crippen LogP contribution is 2.25. The number of hydrogen-bond donors (Lipinski definition) is 4. The van der Waals surface area contributed by atoms with E-state index in [-0.39, 0.29) is 5.75 Å². The van der Waals surface area contributed by atoms with Gasteiger partial charge in [0.2, 0.25) is 0 Å². The van der Waals surface area contributed by atoms with E-state index in [1.165, 1.54) is 11.3 Å². The molecule has 4 N–H and O–H groups in total. The van der Waals surface area contributed by atoms with Gasteiger partial charge in [0.25, 0.3) is 0 Å². The molecule has 0 saturated heterocycles. The van der Waals surface area contributed by atoms with E-state index in [0.29, 0.717) is 10.7 Å². The second-order valence-electron chi connectivity index (χ2n) is 3.89. The summed E-state index contributed by atoms with van der Waals surface area (Å²) in [5, 5.41) is 21.7. The van der Waals surface area contributed by atoms with Gasteiger partial charge < -0.3 is 15.9 Å². The molecule has 2 rings (SSSR count). The van der Waals surface area contributed by atoms with Crippen LogP contribution in [0.3, 0.4) is 0 Å². The number of nitrogens with zero attached hydrogens (tertiary/aromatic N) is 1. The number of aliphatic hydroxyl groups excluding tert-OH is 2. The monoisotopic (exact) mass is 282 g/mol. The van der Waals surface area contributed by atoms with Crippen molar-refractivity contribution in [3.8, 4) is 11.3 Å². The molecule has 18 heavy (non-hydrogen) atoms. The van der Waals surface area contributed by atoms with Crippen LogP contribution in [0.4, 0.5) is 5.13 Å². The Balaban J connectivity index is 2.20. The standard InChI is InChI=1S/C12H14N2O2S2/c13-12-14-9(6-18-12)7-1-3-8(4-2-7)11(16)10(15)5-17/h1-4,6,10-11,15-17H,5H2,(H2,13,14). The number of anilines is 1. The van der Waals surface area contributed by atoms with Crippen molar-refractivity contribution in [2.75, 3.05) is 11.5 Å². The summed E-state index contributed by atoms with van der Waals surface area (Å²) in [6.45, 7) is 0. The van der Waals surface area contributed by atoms with Crippen molar-refractivity contribution >= 4 is 29.1 Å². The molecule has 4 nitrogen and oxygen atoms in total. The summed E-state index contributed by atoms with van der Waals surface area (Å²) in [4.78, 5) is 4.18. The third kappa shape index (κ3) is 2.84. The van der Waals surface area contributed by atoms with Crippen LogP contribution in [0.1, 0.15) is 11.7 Å². The van der Waals surface area contributed by atoms with Crippen LogP contribution in [-0.4, -0.2) is 27.1 Å². The average molecular weight is 282 g/mol. The molecule has 0 aliphatic carbocycles. The Morgan fingerprint density at radius 2 is 1.94 bits per heavy atom. The van der Waals surface area contributed by atoms with E-state index < -0.39 is 12.2 Å². The zero-order chi connectivity index (χ0) is 13.1. The molecule has 1 aromatic heterocycles. The molecule has 2 unspecified atom stereocenters. The van der Waals surface area contributed by atoms with Gasteiger partial charge in [-0.3, -0.25) is 0 Å². The summed E-state index contributed by atoms with van der Waals surface area (Å²) in [6, 6.07) is 7.22. The highest BCUT2D eigenvalue weighted by Gasteiger charge is 2.16. The van der Waals surface area contributed by atoms with E-state index >= 15 is 0 Å². The van der Waals surface area contributed by atoms with Crippen molar-refractivity contribution in [3.63, 3.8) is 0 Å². The molecule has 0 aliphatic heterocycles. The summed E-state index contributed by atoms with van der Waals surface area (Å²) < 4.78 is 0. The smallest absolute Gasteiger partial charge is 0.180 e. The fourth-order valence-corrected chi connectivity index (χ4v) is 2.37. The molecule has 2 atom stereocenters. The Hall–Kier alpha value is -1.08. The zero-order valence-electron chi connectivity index (χ0n) is 9.52. The van der Waals surface area contributed by atoms with Crippen LogP contribution in [0.5, 0.6) is 0 Å². The molecule has 0 bridgehead atoms. The second-order valence-corrected chi connectivity index (χ2v) is 5.14. The highest BCUT2D eigenvalue weighted by molar-refractivity contribution is 7.80. The molecule has 0 fully saturated rings. The van der Waals surface area contributed by atoms with Crippen molar-refractivity contribution in [3.05, 3.63) is 35.2 Å². The maximum Gasteiger partial charge on any atom is 0.180 e. The van der Waals surface area contributed by atoms with Gasteiger partial charge >= 0.3 is 0 Å². The van der Waals surface area contributed by atoms with Crippen LogP contribution < -0.4 is 5.73 Å². The molecule has 0 spiro atoms. The second kappa shape index (κ2) is 5.71. The molecule has 96 valence electrons. The molecule has 6 heteroatoms. The van der Waals surface area contributed by atoms with Crippen molar-refractivity contribution in [1.29, 1.82) is 0 Å². The van der Waals surface area contributed by atoms with E-state index in [4.69, 9.17) is 5.73 Å². The lowest BCUT2D eigenvalue weighted by atomic mass is 10.0. The topological polar surface area (TPSA) is 79.4 Å². The van der Waals surface area contributed by atoms with Crippen molar-refractivity contribution in [1.82, 2.24) is 4.98 Å². The van der Waals surface area contributed by atoms with Gasteiger partial charge in [-0.1, -0.05) is 24.3 Å². The lowest BCUT2D eigenvalue weighted by Crippen LogP contribution is -2.19. The average Bonchev–Trinajstić information content (AvgIpc) is 2.84. The number of hydrogen-bond acceptors (Lipinski definition) is 6. The maximum atomic E-state index is 9.82. The van der Waals surface area contributed by atoms with Gasteiger partial charge in [-0.25, -0.2) is 4.98 Å². The molecule has 0 amide bonds. The maximum absolute atomic E-state index is 9.82. The fraction of sp³-hybridized carbons (Fsp3) is 0.250. The number of nitrogen functional groups attached to an aromatic ring is 1. The predicted molar refractivity (Wildman–Crippen MR) is 76.8 cm³/mol. The molecular weight excluding hydrogens is 268 g/mol. The van der Waals surface area contributed by atoms with Crippen LogP contribution >= 0.6 is 24.0 Å². The molecule has 0 saturated carbocycles. The van der Waals surface area contributed by atoms with E-state index in [1.54, 1.807) is 12.1 Å². The molecular formula is C12H14N2O2S2. The minimum absolute atomic E-state index is 0.214. The first kappa shape index (κ1) is 13.4. The first-order valence-corrected chi connectivity index (χ1v) is 6.91. The lowest BCUT2D eigenvalue weighted by Gasteiger charge is -2.16. The van der Waals surface area contributed by atoms with Gasteiger partial charge in [-0.05, 0) is 5.56 Å². The van der Waals surface area contributed by atoms with Crippen LogP contribution in [0.15, 0.2) is 29.6 Å². The van der Waals surface area contributed by atoms with Crippen molar-refractivity contribution in [2.45, 2.75) is 12.2 Å². The molecule has 1 heterocycles. The molecule has 2 aromatic rings. The van der Waals surface area contributed by atoms with Crippen molar-refractivity contribution < 1.29 is 10.2 Å². The van der Waals surface area contributed by atoms with Gasteiger partial charge in [-0.2, -0.15) is 12.6 Å². The van der Waals surface area contributed by atoms with Crippen LogP contribution in [-0.2, 0) is 0 Å². The number of nitrogens with two attached hydrogens (primary N) is 1. The largest absolute Gasteiger partial charge is 0.389 e. The molecule has 0 aliphatic rings. The Kier molecular flexibility index (Phi) is 4.23. The molecule has 1 aromatic carbocycles. The summed E-state index contributed by atoms with van der Waals surface area (Å²) in [6.07, 6.45) is -1.79. The number of thiazole rings is 1. The fourth-order valence-electron chi connectivity index (χ4n) is 1.59. The van der Waals surface area contributed by atoms with Gasteiger partial charge in [0.15, 0.2) is 5.13 Å². The Labute approximate surface area is 115 Å². The minimum atomic E-state index is -0.919. The number of thiol groups is 1. The summed E-state index contributed by atoms with van der Waals surface area (Å²) in [7, 11) is 0. The van der Waals surface area contributed by atoms with Gasteiger partial charge in [0.1, 0.15) is 6.10 Å². The first-order chi connectivity index (χ1) is 8.61. The summed E-state index contributed by atoms with van der Waals surface area (Å²) in [5.74, 6) is 0.214. The van der Waals surface area contributed by atoms with Crippen LogP contribution in [0, 0.1) is 0 Å². The normalized spacial score (nSPS) is 14.4. The SMILES string of the molecule is Nc1nc(-c2ccc(C(O)C(O)CS)cc2)cs1. The lowest BCUT2D eigenvalue weighted by molar-refractivity contribution is 0.0338. The number of benzene rings is 1. The summed E-state index contributed by atoms with van der Waals surface area (Å²) in [5.41, 5.74) is 7.98. The summed E-state index contributed by atoms with van der Waals surface area (Å²) >= 11 is 5.34. The first-order valence-electron chi connectivity index (χ1n) is 5.40. The van der Waals surface area contributed by atoms with Gasteiger partial charge in [0, 0.05) is 16.7 Å². The van der Waals surface area contributed by atoms with E-state index in [9.17, 15) is 10.2 Å². The van der Waals surface area contributed by atoms with E-state index in [0.717, 1.165) is 11.3 Å². The Morgan fingerprint density at radius 3 is 2.44 bits per heavy atom. The predicted octanol–water partition coefficient (Wildman–Crippen LogP) is 1.72. The minimum Gasteiger partial charge on any atom is -0.389 e. The van der Waals surface area contributed by atoms with E-state index in [1.807, 2.05) is 17.5 Å². The quantitative estimate of drug-likeness (QED) is 0.644. The van der Waals surface area contributed by atoms with Gasteiger partial charge in [-0.15, -0.1) is 11.3 Å². The number of aliphatic hydroxyl groups is 2. The Morgan fingerprint density at radius 1 is 1.28 bits per heavy atom. The zero-order valence-corrected chi connectivity index (χ0v) is 11.2. The third-order valence-electron chi connectivity index (χ3n) is 2.62. The molecule has 0 radical (unpaired) electrons. The Bertz CT molecular complexity index is 513. The van der Waals surface area contributed by atoms with Gasteiger partial charge in [0.05, 0.1) is 11.8 Å². The third-order valence-corrected chi connectivity index (χ3v) is 3.67. The van der Waals surface area contributed by atoms with E-state index in [2.05, 4.69) is 17.6 Å². The van der Waals surface area contributed by atoms with Crippen LogP contribution in [0.2, 0.25) is 0 Å². The number of rotatable bonds is 4. The van der Waals surface area contributed by atoms with Crippen molar-refractivity contribution in [2.24, 2.45) is 0 Å². The highest BCUT2D eigenvalue weighted by atomic mass is 32.1. The number of aromatic nitrogens is 1. The van der Waals surface area contributed by atoms with Crippen LogP contribution in [0.25, 0.3) is 11.3 Å².